The van der Waals surface area contributed by atoms with E-state index in [1.54, 1.807) is 18.9 Å². The van der Waals surface area contributed by atoms with Gasteiger partial charge in [0.25, 0.3) is 0 Å². The second kappa shape index (κ2) is 6.74. The molecule has 1 rings (SSSR count). The molecule has 1 aromatic heterocycles. The van der Waals surface area contributed by atoms with Gasteiger partial charge in [-0.3, -0.25) is 0 Å². The second-order valence-corrected chi connectivity index (χ2v) is 5.36. The fraction of sp³-hybridized carbons (Fsp3) is 0.545. The molecule has 17 heavy (non-hydrogen) atoms. The zero-order valence-electron chi connectivity index (χ0n) is 10.2. The van der Waals surface area contributed by atoms with Crippen LogP contribution < -0.4 is 11.1 Å². The standard InChI is InChI=1S/C11H17N3OS2/c1-4-7(6-15-2)14-11-10(16-3)9(13)8(5-12)17-11/h7,14H,4,6,13H2,1-3H3. The molecule has 3 N–H and O–H groups in total. The molecule has 0 saturated carbocycles. The monoisotopic (exact) mass is 271 g/mol. The van der Waals surface area contributed by atoms with E-state index >= 15 is 0 Å². The van der Waals surface area contributed by atoms with Gasteiger partial charge < -0.3 is 15.8 Å². The van der Waals surface area contributed by atoms with Crippen LogP contribution in [-0.4, -0.2) is 26.0 Å². The van der Waals surface area contributed by atoms with Gasteiger partial charge in [-0.25, -0.2) is 0 Å². The zero-order chi connectivity index (χ0) is 12.8. The molecule has 0 radical (unpaired) electrons. The Bertz CT molecular complexity index is 412. The molecule has 1 aromatic rings. The summed E-state index contributed by atoms with van der Waals surface area (Å²) in [4.78, 5) is 1.53. The van der Waals surface area contributed by atoms with Gasteiger partial charge in [-0.15, -0.1) is 23.1 Å². The molecular weight excluding hydrogens is 254 g/mol. The summed E-state index contributed by atoms with van der Waals surface area (Å²) >= 11 is 2.97. The Balaban J connectivity index is 2.93. The Hall–Kier alpha value is -0.900. The van der Waals surface area contributed by atoms with Crippen LogP contribution in [-0.2, 0) is 4.74 Å². The van der Waals surface area contributed by atoms with Crippen molar-refractivity contribution in [1.82, 2.24) is 0 Å². The zero-order valence-corrected chi connectivity index (χ0v) is 11.9. The summed E-state index contributed by atoms with van der Waals surface area (Å²) in [5, 5.41) is 13.3. The van der Waals surface area contributed by atoms with E-state index in [0.29, 0.717) is 17.2 Å². The van der Waals surface area contributed by atoms with Gasteiger partial charge in [0.2, 0.25) is 0 Å². The van der Waals surface area contributed by atoms with E-state index in [4.69, 9.17) is 15.7 Å². The smallest absolute Gasteiger partial charge is 0.131 e. The summed E-state index contributed by atoms with van der Waals surface area (Å²) in [6.45, 7) is 2.74. The van der Waals surface area contributed by atoms with Crippen molar-refractivity contribution in [3.8, 4) is 6.07 Å². The maximum absolute atomic E-state index is 8.97. The van der Waals surface area contributed by atoms with E-state index in [-0.39, 0.29) is 6.04 Å². The molecule has 1 unspecified atom stereocenters. The predicted octanol–water partition coefficient (Wildman–Crippen LogP) is 2.76. The van der Waals surface area contributed by atoms with Crippen LogP contribution in [0.2, 0.25) is 0 Å². The highest BCUT2D eigenvalue weighted by Gasteiger charge is 2.17. The first-order valence-corrected chi connectivity index (χ1v) is 7.33. The number of ether oxygens (including phenoxy) is 1. The topological polar surface area (TPSA) is 71.1 Å². The number of anilines is 2. The molecule has 6 heteroatoms. The number of hydrogen-bond acceptors (Lipinski definition) is 6. The van der Waals surface area contributed by atoms with Crippen molar-refractivity contribution in [2.75, 3.05) is 31.0 Å². The highest BCUT2D eigenvalue weighted by molar-refractivity contribution is 7.99. The van der Waals surface area contributed by atoms with E-state index in [2.05, 4.69) is 18.3 Å². The van der Waals surface area contributed by atoms with Crippen LogP contribution in [0.1, 0.15) is 18.2 Å². The number of nitriles is 1. The van der Waals surface area contributed by atoms with Crippen molar-refractivity contribution >= 4 is 33.8 Å². The lowest BCUT2D eigenvalue weighted by molar-refractivity contribution is 0.184. The van der Waals surface area contributed by atoms with Crippen LogP contribution in [0.5, 0.6) is 0 Å². The minimum Gasteiger partial charge on any atom is -0.396 e. The quantitative estimate of drug-likeness (QED) is 0.778. The van der Waals surface area contributed by atoms with Crippen molar-refractivity contribution in [2.45, 2.75) is 24.3 Å². The molecule has 0 bridgehead atoms. The first-order chi connectivity index (χ1) is 8.17. The molecule has 0 saturated heterocycles. The highest BCUT2D eigenvalue weighted by Crippen LogP contribution is 2.41. The van der Waals surface area contributed by atoms with Crippen LogP contribution >= 0.6 is 23.1 Å². The molecule has 94 valence electrons. The Labute approximate surface area is 110 Å². The number of methoxy groups -OCH3 is 1. The van der Waals surface area contributed by atoms with Crippen LogP contribution in [0, 0.1) is 11.3 Å². The van der Waals surface area contributed by atoms with Crippen molar-refractivity contribution in [3.05, 3.63) is 4.88 Å². The summed E-state index contributed by atoms with van der Waals surface area (Å²) < 4.78 is 5.14. The van der Waals surface area contributed by atoms with E-state index in [1.807, 2.05) is 6.26 Å². The molecule has 0 spiro atoms. The van der Waals surface area contributed by atoms with Crippen LogP contribution in [0.25, 0.3) is 0 Å². The molecule has 1 heterocycles. The molecule has 0 fully saturated rings. The largest absolute Gasteiger partial charge is 0.396 e. The third-order valence-corrected chi connectivity index (χ3v) is 4.40. The maximum Gasteiger partial charge on any atom is 0.131 e. The van der Waals surface area contributed by atoms with Gasteiger partial charge in [0.15, 0.2) is 0 Å². The van der Waals surface area contributed by atoms with Crippen LogP contribution in [0.15, 0.2) is 4.90 Å². The molecule has 4 nitrogen and oxygen atoms in total. The third kappa shape index (κ3) is 3.28. The van der Waals surface area contributed by atoms with Gasteiger partial charge in [-0.05, 0) is 12.7 Å². The first kappa shape index (κ1) is 14.2. The molecule has 0 aliphatic carbocycles. The number of nitrogens with one attached hydrogen (secondary N) is 1. The van der Waals surface area contributed by atoms with Crippen molar-refractivity contribution in [3.63, 3.8) is 0 Å². The van der Waals surface area contributed by atoms with Gasteiger partial charge in [0, 0.05) is 13.2 Å². The van der Waals surface area contributed by atoms with E-state index in [9.17, 15) is 0 Å². The summed E-state index contributed by atoms with van der Waals surface area (Å²) in [7, 11) is 1.68. The van der Waals surface area contributed by atoms with E-state index in [1.165, 1.54) is 11.3 Å². The molecule has 0 aliphatic rings. The fourth-order valence-electron chi connectivity index (χ4n) is 1.46. The molecule has 0 amide bonds. The van der Waals surface area contributed by atoms with Crippen molar-refractivity contribution < 1.29 is 4.74 Å². The minimum atomic E-state index is 0.246. The normalized spacial score (nSPS) is 12.1. The summed E-state index contributed by atoms with van der Waals surface area (Å²) in [6, 6.07) is 2.37. The average Bonchev–Trinajstić information content (AvgIpc) is 2.64. The number of rotatable bonds is 6. The van der Waals surface area contributed by atoms with Crippen LogP contribution in [0.3, 0.4) is 0 Å². The Morgan fingerprint density at radius 1 is 1.65 bits per heavy atom. The van der Waals surface area contributed by atoms with Gasteiger partial charge >= 0.3 is 0 Å². The number of thiophene rings is 1. The molecular formula is C11H17N3OS2. The lowest BCUT2D eigenvalue weighted by Gasteiger charge is -2.16. The summed E-state index contributed by atoms with van der Waals surface area (Å²) in [6.07, 6.45) is 2.92. The van der Waals surface area contributed by atoms with Gasteiger partial charge in [-0.2, -0.15) is 5.26 Å². The minimum absolute atomic E-state index is 0.246. The lowest BCUT2D eigenvalue weighted by Crippen LogP contribution is -2.23. The number of nitrogens with zero attached hydrogens (tertiary/aromatic N) is 1. The molecule has 1 atom stereocenters. The average molecular weight is 271 g/mol. The van der Waals surface area contributed by atoms with Crippen molar-refractivity contribution in [2.24, 2.45) is 0 Å². The Kier molecular flexibility index (Phi) is 5.62. The third-order valence-electron chi connectivity index (χ3n) is 2.40. The van der Waals surface area contributed by atoms with Crippen molar-refractivity contribution in [1.29, 1.82) is 5.26 Å². The molecule has 0 aliphatic heterocycles. The number of nitrogen functional groups attached to an aromatic ring is 1. The van der Waals surface area contributed by atoms with Gasteiger partial charge in [0.1, 0.15) is 15.9 Å². The number of thioether (sulfide) groups is 1. The first-order valence-electron chi connectivity index (χ1n) is 5.29. The van der Waals surface area contributed by atoms with E-state index in [0.717, 1.165) is 16.3 Å². The number of nitrogens with two attached hydrogens (primary N) is 1. The van der Waals surface area contributed by atoms with Gasteiger partial charge in [0.05, 0.1) is 17.2 Å². The van der Waals surface area contributed by atoms with Crippen LogP contribution in [0.4, 0.5) is 10.7 Å². The maximum atomic E-state index is 8.97. The fourth-order valence-corrected chi connectivity index (χ4v) is 3.35. The molecule has 0 aromatic carbocycles. The highest BCUT2D eigenvalue weighted by atomic mass is 32.2. The number of hydrogen-bond donors (Lipinski definition) is 2. The Morgan fingerprint density at radius 3 is 2.82 bits per heavy atom. The SMILES string of the molecule is CCC(COC)Nc1sc(C#N)c(N)c1SC. The van der Waals surface area contributed by atoms with E-state index < -0.39 is 0 Å². The lowest BCUT2D eigenvalue weighted by atomic mass is 10.2. The van der Waals surface area contributed by atoms with Gasteiger partial charge in [-0.1, -0.05) is 6.92 Å². The second-order valence-electron chi connectivity index (χ2n) is 3.52. The Morgan fingerprint density at radius 2 is 2.35 bits per heavy atom. The predicted molar refractivity (Wildman–Crippen MR) is 74.8 cm³/mol. The summed E-state index contributed by atoms with van der Waals surface area (Å²) in [5.74, 6) is 0. The summed E-state index contributed by atoms with van der Waals surface area (Å²) in [5.41, 5.74) is 6.50.